The molecule has 2 rings (SSSR count). The Morgan fingerprint density at radius 3 is 3.06 bits per heavy atom. The molecule has 0 saturated carbocycles. The van der Waals surface area contributed by atoms with Crippen molar-refractivity contribution in [2.75, 3.05) is 13.7 Å². The number of methoxy groups -OCH3 is 1. The summed E-state index contributed by atoms with van der Waals surface area (Å²) in [5, 5.41) is 5.43. The molecular formula is C12H11BrN2O. The number of aromatic nitrogens is 2. The van der Waals surface area contributed by atoms with Crippen LogP contribution in [-0.4, -0.2) is 23.5 Å². The zero-order valence-corrected chi connectivity index (χ0v) is 10.7. The fraction of sp³-hybridized carbons (Fsp3) is 0.250. The molecule has 1 heterocycles. The summed E-state index contributed by atoms with van der Waals surface area (Å²) in [5.74, 6) is 5.92. The van der Waals surface area contributed by atoms with Crippen LogP contribution in [0.5, 0.6) is 0 Å². The van der Waals surface area contributed by atoms with E-state index in [-0.39, 0.29) is 0 Å². The summed E-state index contributed by atoms with van der Waals surface area (Å²) in [5.41, 5.74) is 1.86. The van der Waals surface area contributed by atoms with Gasteiger partial charge in [0.05, 0.1) is 5.52 Å². The van der Waals surface area contributed by atoms with E-state index in [0.29, 0.717) is 6.61 Å². The summed E-state index contributed by atoms with van der Waals surface area (Å²) < 4.78 is 7.75. The molecule has 0 unspecified atom stereocenters. The van der Waals surface area contributed by atoms with Gasteiger partial charge in [0, 0.05) is 24.0 Å². The van der Waals surface area contributed by atoms with E-state index >= 15 is 0 Å². The lowest BCUT2D eigenvalue weighted by Gasteiger charge is -1.93. The maximum Gasteiger partial charge on any atom is 0.143 e. The van der Waals surface area contributed by atoms with Crippen molar-refractivity contribution in [1.82, 2.24) is 9.78 Å². The van der Waals surface area contributed by atoms with Crippen LogP contribution in [0, 0.1) is 11.8 Å². The molecule has 1 aromatic carbocycles. The van der Waals surface area contributed by atoms with E-state index in [9.17, 15) is 0 Å². The Kier molecular flexibility index (Phi) is 3.28. The van der Waals surface area contributed by atoms with Crippen LogP contribution in [0.25, 0.3) is 10.9 Å². The molecule has 2 aromatic rings. The first-order chi connectivity index (χ1) is 7.72. The number of benzene rings is 1. The summed E-state index contributed by atoms with van der Waals surface area (Å²) >= 11 is 3.45. The maximum atomic E-state index is 4.89. The molecule has 4 heteroatoms. The lowest BCUT2D eigenvalue weighted by molar-refractivity contribution is 0.240. The lowest BCUT2D eigenvalue weighted by Crippen LogP contribution is -1.89. The Hall–Kier alpha value is -1.31. The highest BCUT2D eigenvalue weighted by atomic mass is 79.9. The Bertz CT molecular complexity index is 578. The van der Waals surface area contributed by atoms with Gasteiger partial charge in [-0.25, -0.2) is 0 Å². The molecule has 0 saturated heterocycles. The van der Waals surface area contributed by atoms with Crippen molar-refractivity contribution in [3.63, 3.8) is 0 Å². The Labute approximate surface area is 103 Å². The minimum atomic E-state index is 0.423. The summed E-state index contributed by atoms with van der Waals surface area (Å²) in [6, 6.07) is 6.05. The van der Waals surface area contributed by atoms with Crippen molar-refractivity contribution in [2.45, 2.75) is 0 Å². The van der Waals surface area contributed by atoms with E-state index in [1.807, 2.05) is 29.9 Å². The summed E-state index contributed by atoms with van der Waals surface area (Å²) in [6.07, 6.45) is 0. The summed E-state index contributed by atoms with van der Waals surface area (Å²) in [6.45, 7) is 0.423. The third-order valence-electron chi connectivity index (χ3n) is 2.24. The summed E-state index contributed by atoms with van der Waals surface area (Å²) in [4.78, 5) is 0. The van der Waals surface area contributed by atoms with Crippen molar-refractivity contribution < 1.29 is 4.74 Å². The standard InChI is InChI=1S/C12H11BrN2O/c1-15-12-6-5-9(13)8-10(12)11(14-15)4-3-7-16-2/h5-6,8H,7H2,1-2H3. The fourth-order valence-corrected chi connectivity index (χ4v) is 1.88. The average molecular weight is 279 g/mol. The molecule has 0 spiro atoms. The van der Waals surface area contributed by atoms with Crippen molar-refractivity contribution in [3.05, 3.63) is 28.4 Å². The Morgan fingerprint density at radius 2 is 2.31 bits per heavy atom. The number of nitrogens with zero attached hydrogens (tertiary/aromatic N) is 2. The van der Waals surface area contributed by atoms with Crippen molar-refractivity contribution in [3.8, 4) is 11.8 Å². The van der Waals surface area contributed by atoms with Gasteiger partial charge in [0.25, 0.3) is 0 Å². The third-order valence-corrected chi connectivity index (χ3v) is 2.73. The van der Waals surface area contributed by atoms with Crippen LogP contribution in [0.15, 0.2) is 22.7 Å². The minimum Gasteiger partial charge on any atom is -0.372 e. The molecule has 0 aliphatic heterocycles. The number of rotatable bonds is 1. The topological polar surface area (TPSA) is 27.1 Å². The molecule has 16 heavy (non-hydrogen) atoms. The van der Waals surface area contributed by atoms with Crippen molar-refractivity contribution in [1.29, 1.82) is 0 Å². The van der Waals surface area contributed by atoms with E-state index in [0.717, 1.165) is 21.1 Å². The first-order valence-electron chi connectivity index (χ1n) is 4.82. The lowest BCUT2D eigenvalue weighted by atomic mass is 10.2. The molecule has 0 aliphatic rings. The molecule has 0 aliphatic carbocycles. The Morgan fingerprint density at radius 1 is 1.50 bits per heavy atom. The normalized spacial score (nSPS) is 10.2. The molecule has 0 amide bonds. The van der Waals surface area contributed by atoms with Gasteiger partial charge in [-0.15, -0.1) is 0 Å². The van der Waals surface area contributed by atoms with E-state index in [2.05, 4.69) is 32.9 Å². The predicted octanol–water partition coefficient (Wildman–Crippen LogP) is 2.33. The first-order valence-corrected chi connectivity index (χ1v) is 5.61. The van der Waals surface area contributed by atoms with Crippen LogP contribution in [0.2, 0.25) is 0 Å². The molecule has 0 fully saturated rings. The highest BCUT2D eigenvalue weighted by Gasteiger charge is 2.06. The molecule has 0 N–H and O–H groups in total. The third kappa shape index (κ3) is 2.11. The van der Waals surface area contributed by atoms with E-state index in [1.54, 1.807) is 7.11 Å². The second-order valence-electron chi connectivity index (χ2n) is 3.37. The quantitative estimate of drug-likeness (QED) is 0.749. The van der Waals surface area contributed by atoms with Gasteiger partial charge in [-0.05, 0) is 24.1 Å². The van der Waals surface area contributed by atoms with Gasteiger partial charge >= 0.3 is 0 Å². The average Bonchev–Trinajstić information content (AvgIpc) is 2.56. The predicted molar refractivity (Wildman–Crippen MR) is 67.2 cm³/mol. The number of ether oxygens (including phenoxy) is 1. The van der Waals surface area contributed by atoms with Gasteiger partial charge in [0.15, 0.2) is 0 Å². The SMILES string of the molecule is COCC#Cc1nn(C)c2ccc(Br)cc12. The van der Waals surface area contributed by atoms with Gasteiger partial charge in [0.1, 0.15) is 12.3 Å². The van der Waals surface area contributed by atoms with Crippen molar-refractivity contribution in [2.24, 2.45) is 7.05 Å². The first kappa shape index (κ1) is 11.2. The number of hydrogen-bond acceptors (Lipinski definition) is 2. The van der Waals surface area contributed by atoms with E-state index in [4.69, 9.17) is 4.74 Å². The monoisotopic (exact) mass is 278 g/mol. The van der Waals surface area contributed by atoms with E-state index < -0.39 is 0 Å². The van der Waals surface area contributed by atoms with E-state index in [1.165, 1.54) is 0 Å². The molecule has 82 valence electrons. The minimum absolute atomic E-state index is 0.423. The van der Waals surface area contributed by atoms with Gasteiger partial charge in [-0.3, -0.25) is 4.68 Å². The van der Waals surface area contributed by atoms with Crippen LogP contribution in [0.1, 0.15) is 5.69 Å². The highest BCUT2D eigenvalue weighted by molar-refractivity contribution is 9.10. The van der Waals surface area contributed by atoms with Crippen LogP contribution in [-0.2, 0) is 11.8 Å². The maximum absolute atomic E-state index is 4.89. The molecular weight excluding hydrogens is 268 g/mol. The van der Waals surface area contributed by atoms with Crippen LogP contribution >= 0.6 is 15.9 Å². The van der Waals surface area contributed by atoms with Gasteiger partial charge in [0.2, 0.25) is 0 Å². The molecule has 3 nitrogen and oxygen atoms in total. The van der Waals surface area contributed by atoms with Gasteiger partial charge in [-0.1, -0.05) is 21.9 Å². The number of aryl methyl sites for hydroxylation is 1. The van der Waals surface area contributed by atoms with Crippen LogP contribution in [0.3, 0.4) is 0 Å². The smallest absolute Gasteiger partial charge is 0.143 e. The number of hydrogen-bond donors (Lipinski definition) is 0. The van der Waals surface area contributed by atoms with Gasteiger partial charge < -0.3 is 4.74 Å². The van der Waals surface area contributed by atoms with Gasteiger partial charge in [-0.2, -0.15) is 5.10 Å². The fourth-order valence-electron chi connectivity index (χ4n) is 1.52. The highest BCUT2D eigenvalue weighted by Crippen LogP contribution is 2.21. The summed E-state index contributed by atoms with van der Waals surface area (Å²) in [7, 11) is 3.54. The van der Waals surface area contributed by atoms with Crippen molar-refractivity contribution >= 4 is 26.8 Å². The molecule has 0 radical (unpaired) electrons. The zero-order chi connectivity index (χ0) is 11.5. The molecule has 0 bridgehead atoms. The second-order valence-corrected chi connectivity index (χ2v) is 4.28. The molecule has 1 aromatic heterocycles. The number of fused-ring (bicyclic) bond motifs is 1. The molecule has 0 atom stereocenters. The zero-order valence-electron chi connectivity index (χ0n) is 9.12. The van der Waals surface area contributed by atoms with Crippen LogP contribution in [0.4, 0.5) is 0 Å². The largest absolute Gasteiger partial charge is 0.372 e. The van der Waals surface area contributed by atoms with Crippen LogP contribution < -0.4 is 0 Å². The number of halogens is 1. The second kappa shape index (κ2) is 4.69. The Balaban J connectivity index is 2.54.